The van der Waals surface area contributed by atoms with Gasteiger partial charge >= 0.3 is 5.97 Å². The summed E-state index contributed by atoms with van der Waals surface area (Å²) < 4.78 is 28.9. The van der Waals surface area contributed by atoms with Gasteiger partial charge in [0.05, 0.1) is 17.6 Å². The third-order valence-electron chi connectivity index (χ3n) is 4.93. The summed E-state index contributed by atoms with van der Waals surface area (Å²) in [7, 11) is 0. The van der Waals surface area contributed by atoms with Gasteiger partial charge in [0.2, 0.25) is 0 Å². The average molecular weight is 375 g/mol. The van der Waals surface area contributed by atoms with Crippen molar-refractivity contribution in [1.29, 1.82) is 0 Å². The second-order valence-corrected chi connectivity index (χ2v) is 7.47. The van der Waals surface area contributed by atoms with Crippen LogP contribution < -0.4 is 0 Å². The molecule has 1 saturated carbocycles. The lowest BCUT2D eigenvalue weighted by molar-refractivity contribution is -0.242. The topological polar surface area (TPSA) is 63.2 Å². The molecule has 0 radical (unpaired) electrons. The second kappa shape index (κ2) is 11.2. The summed E-state index contributed by atoms with van der Waals surface area (Å²) in [6, 6.07) is 0. The molecule has 0 aromatic carbocycles. The van der Waals surface area contributed by atoms with E-state index in [0.29, 0.717) is 19.6 Å². The molecule has 0 saturated heterocycles. The van der Waals surface area contributed by atoms with E-state index in [-0.39, 0.29) is 36.9 Å². The van der Waals surface area contributed by atoms with E-state index in [1.54, 1.807) is 0 Å². The van der Waals surface area contributed by atoms with E-state index in [1.165, 1.54) is 0 Å². The smallest absolute Gasteiger partial charge is 0.311 e. The van der Waals surface area contributed by atoms with Crippen LogP contribution in [0.2, 0.25) is 0 Å². The minimum atomic E-state index is -0.466. The van der Waals surface area contributed by atoms with Crippen molar-refractivity contribution in [3.8, 4) is 0 Å². The van der Waals surface area contributed by atoms with Crippen LogP contribution in [0.5, 0.6) is 0 Å². The number of hydrogen-bond acceptors (Lipinski definition) is 6. The maximum atomic E-state index is 12.4. The first kappa shape index (κ1) is 23.3. The van der Waals surface area contributed by atoms with Gasteiger partial charge in [-0.2, -0.15) is 0 Å². The van der Waals surface area contributed by atoms with Crippen molar-refractivity contribution < 1.29 is 28.5 Å². The number of ether oxygens (including phenoxy) is 5. The SMILES string of the molecule is CCOC(C)OC1CCC(OC(=O)C(C)(C)CC)CC1OC(C)OCC. The molecular weight excluding hydrogens is 336 g/mol. The van der Waals surface area contributed by atoms with Crippen LogP contribution in [-0.2, 0) is 28.5 Å². The largest absolute Gasteiger partial charge is 0.462 e. The summed E-state index contributed by atoms with van der Waals surface area (Å²) in [5.41, 5.74) is -0.466. The fourth-order valence-electron chi connectivity index (χ4n) is 2.97. The van der Waals surface area contributed by atoms with Gasteiger partial charge in [0.15, 0.2) is 12.6 Å². The predicted octanol–water partition coefficient (Wildman–Crippen LogP) is 4.05. The first-order valence-electron chi connectivity index (χ1n) is 9.98. The maximum Gasteiger partial charge on any atom is 0.311 e. The van der Waals surface area contributed by atoms with Crippen LogP contribution in [0.15, 0.2) is 0 Å². The zero-order chi connectivity index (χ0) is 19.7. The standard InChI is InChI=1S/C20H38O6/c1-8-20(6,7)19(21)26-16-11-12-17(24-14(4)22-9-2)18(13-16)25-15(5)23-10-3/h14-18H,8-13H2,1-7H3. The number of carbonyl (C=O) groups is 1. The molecule has 0 bridgehead atoms. The zero-order valence-electron chi connectivity index (χ0n) is 17.6. The average Bonchev–Trinajstić information content (AvgIpc) is 2.57. The van der Waals surface area contributed by atoms with Crippen LogP contribution in [0.25, 0.3) is 0 Å². The molecule has 1 aliphatic rings. The maximum absolute atomic E-state index is 12.4. The number of rotatable bonds is 11. The molecule has 0 aliphatic heterocycles. The Morgan fingerprint density at radius 1 is 0.962 bits per heavy atom. The molecule has 1 fully saturated rings. The van der Waals surface area contributed by atoms with Crippen molar-refractivity contribution in [2.45, 2.75) is 105 Å². The zero-order valence-corrected chi connectivity index (χ0v) is 17.6. The minimum Gasteiger partial charge on any atom is -0.462 e. The lowest BCUT2D eigenvalue weighted by Gasteiger charge is -2.38. The monoisotopic (exact) mass is 374 g/mol. The Labute approximate surface area is 158 Å². The third kappa shape index (κ3) is 7.51. The van der Waals surface area contributed by atoms with Crippen molar-refractivity contribution in [3.05, 3.63) is 0 Å². The van der Waals surface area contributed by atoms with E-state index in [9.17, 15) is 4.79 Å². The normalized spacial score (nSPS) is 26.3. The second-order valence-electron chi connectivity index (χ2n) is 7.47. The molecule has 5 atom stereocenters. The van der Waals surface area contributed by atoms with Crippen LogP contribution in [0.4, 0.5) is 0 Å². The van der Waals surface area contributed by atoms with E-state index in [4.69, 9.17) is 23.7 Å². The highest BCUT2D eigenvalue weighted by atomic mass is 16.7. The molecule has 0 N–H and O–H groups in total. The Balaban J connectivity index is 2.71. The van der Waals surface area contributed by atoms with Gasteiger partial charge in [0.25, 0.3) is 0 Å². The van der Waals surface area contributed by atoms with E-state index in [2.05, 4.69) is 0 Å². The van der Waals surface area contributed by atoms with Crippen LogP contribution in [0.1, 0.15) is 74.1 Å². The summed E-state index contributed by atoms with van der Waals surface area (Å²) in [6.45, 7) is 14.7. The van der Waals surface area contributed by atoms with Crippen LogP contribution in [0, 0.1) is 5.41 Å². The van der Waals surface area contributed by atoms with Crippen molar-refractivity contribution in [2.24, 2.45) is 5.41 Å². The lowest BCUT2D eigenvalue weighted by atomic mass is 9.89. The van der Waals surface area contributed by atoms with Crippen LogP contribution >= 0.6 is 0 Å². The Morgan fingerprint density at radius 2 is 1.50 bits per heavy atom. The number of esters is 1. The van der Waals surface area contributed by atoms with Crippen molar-refractivity contribution in [1.82, 2.24) is 0 Å². The van der Waals surface area contributed by atoms with E-state index < -0.39 is 5.41 Å². The third-order valence-corrected chi connectivity index (χ3v) is 4.93. The van der Waals surface area contributed by atoms with Crippen molar-refractivity contribution in [2.75, 3.05) is 13.2 Å². The molecule has 1 rings (SSSR count). The Kier molecular flexibility index (Phi) is 10.1. The Hall–Kier alpha value is -0.690. The van der Waals surface area contributed by atoms with Crippen LogP contribution in [-0.4, -0.2) is 50.1 Å². The number of hydrogen-bond donors (Lipinski definition) is 0. The van der Waals surface area contributed by atoms with Gasteiger partial charge in [-0.3, -0.25) is 4.79 Å². The summed E-state index contributed by atoms with van der Waals surface area (Å²) in [5.74, 6) is -0.149. The predicted molar refractivity (Wildman–Crippen MR) is 99.7 cm³/mol. The Bertz CT molecular complexity index is 411. The quantitative estimate of drug-likeness (QED) is 0.401. The molecule has 0 aromatic heterocycles. The van der Waals surface area contributed by atoms with Gasteiger partial charge in [0, 0.05) is 19.6 Å². The number of carbonyl (C=O) groups excluding carboxylic acids is 1. The van der Waals surface area contributed by atoms with E-state index in [1.807, 2.05) is 48.5 Å². The van der Waals surface area contributed by atoms with Gasteiger partial charge in [-0.1, -0.05) is 6.92 Å². The lowest BCUT2D eigenvalue weighted by Crippen LogP contribution is -2.45. The molecule has 26 heavy (non-hydrogen) atoms. The molecule has 5 unspecified atom stereocenters. The van der Waals surface area contributed by atoms with Gasteiger partial charge in [-0.25, -0.2) is 0 Å². The summed E-state index contributed by atoms with van der Waals surface area (Å²) >= 11 is 0. The highest BCUT2D eigenvalue weighted by Crippen LogP contribution is 2.31. The van der Waals surface area contributed by atoms with Gasteiger partial charge in [0.1, 0.15) is 6.10 Å². The molecule has 6 heteroatoms. The van der Waals surface area contributed by atoms with Gasteiger partial charge in [-0.05, 0) is 60.8 Å². The minimum absolute atomic E-state index is 0.103. The fourth-order valence-corrected chi connectivity index (χ4v) is 2.97. The summed E-state index contributed by atoms with van der Waals surface area (Å²) in [4.78, 5) is 12.4. The van der Waals surface area contributed by atoms with Crippen molar-refractivity contribution in [3.63, 3.8) is 0 Å². The molecular formula is C20H38O6. The van der Waals surface area contributed by atoms with Crippen LogP contribution in [0.3, 0.4) is 0 Å². The highest BCUT2D eigenvalue weighted by Gasteiger charge is 2.38. The first-order valence-corrected chi connectivity index (χ1v) is 9.98. The molecule has 0 aromatic rings. The molecule has 6 nitrogen and oxygen atoms in total. The summed E-state index contributed by atoms with van der Waals surface area (Å²) in [5, 5.41) is 0. The molecule has 0 heterocycles. The Morgan fingerprint density at radius 3 is 2.00 bits per heavy atom. The molecule has 154 valence electrons. The fraction of sp³-hybridized carbons (Fsp3) is 0.950. The first-order chi connectivity index (χ1) is 12.2. The molecule has 1 aliphatic carbocycles. The van der Waals surface area contributed by atoms with Gasteiger partial charge < -0.3 is 23.7 Å². The van der Waals surface area contributed by atoms with E-state index in [0.717, 1.165) is 19.3 Å². The van der Waals surface area contributed by atoms with Gasteiger partial charge in [-0.15, -0.1) is 0 Å². The highest BCUT2D eigenvalue weighted by molar-refractivity contribution is 5.76. The molecule has 0 spiro atoms. The summed E-state index contributed by atoms with van der Waals surface area (Å²) in [6.07, 6.45) is 1.78. The molecule has 0 amide bonds. The van der Waals surface area contributed by atoms with E-state index >= 15 is 0 Å². The van der Waals surface area contributed by atoms with Crippen molar-refractivity contribution >= 4 is 5.97 Å².